The molecular weight excluding hydrogens is 424 g/mol. The Hall–Kier alpha value is -1.90. The summed E-state index contributed by atoms with van der Waals surface area (Å²) in [5.74, 6) is -0.299. The Morgan fingerprint density at radius 2 is 1.62 bits per heavy atom. The molecule has 1 heterocycles. The standard InChI is InChI=1S/C24H40N2O5Si/c1-15(2)32(16(3)4,17(5)6)31-19(8)23-26-22(27)21(18(7)30-23)25-24(28)29-14-20-12-10-9-11-13-20/h9-13,15-19,21,23H,14H2,1-8H3,(H,25,28)(H,26,27)/t18-,19-,21-,23+/m1/s1. The Balaban J connectivity index is 1.97. The average Bonchev–Trinajstić information content (AvgIpc) is 2.72. The number of carbonyl (C=O) groups excluding carboxylic acids is 2. The van der Waals surface area contributed by atoms with Gasteiger partial charge in [0.05, 0.1) is 12.2 Å². The Kier molecular flexibility index (Phi) is 9.30. The molecule has 0 unspecified atom stereocenters. The van der Waals surface area contributed by atoms with Crippen LogP contribution in [-0.4, -0.2) is 44.8 Å². The van der Waals surface area contributed by atoms with E-state index in [1.807, 2.05) is 37.3 Å². The van der Waals surface area contributed by atoms with Crippen molar-refractivity contribution in [2.75, 3.05) is 0 Å². The monoisotopic (exact) mass is 464 g/mol. The first-order valence-electron chi connectivity index (χ1n) is 11.6. The van der Waals surface area contributed by atoms with Crippen molar-refractivity contribution in [2.45, 2.75) is 103 Å². The van der Waals surface area contributed by atoms with Gasteiger partial charge in [0.1, 0.15) is 12.6 Å². The lowest BCUT2D eigenvalue weighted by atomic mass is 10.1. The number of hydrogen-bond acceptors (Lipinski definition) is 5. The lowest BCUT2D eigenvalue weighted by Gasteiger charge is -2.46. The van der Waals surface area contributed by atoms with Crippen molar-refractivity contribution in [3.05, 3.63) is 35.9 Å². The molecule has 4 atom stereocenters. The first-order valence-corrected chi connectivity index (χ1v) is 13.7. The van der Waals surface area contributed by atoms with Crippen LogP contribution in [0, 0.1) is 0 Å². The van der Waals surface area contributed by atoms with Crippen molar-refractivity contribution >= 4 is 20.3 Å². The highest BCUT2D eigenvalue weighted by atomic mass is 28.4. The average molecular weight is 465 g/mol. The van der Waals surface area contributed by atoms with E-state index in [1.54, 1.807) is 6.92 Å². The van der Waals surface area contributed by atoms with Gasteiger partial charge in [-0.2, -0.15) is 0 Å². The molecule has 7 nitrogen and oxygen atoms in total. The molecule has 8 heteroatoms. The highest BCUT2D eigenvalue weighted by Gasteiger charge is 2.48. The van der Waals surface area contributed by atoms with Crippen LogP contribution in [-0.2, 0) is 25.3 Å². The van der Waals surface area contributed by atoms with Crippen LogP contribution in [0.3, 0.4) is 0 Å². The van der Waals surface area contributed by atoms with Crippen LogP contribution < -0.4 is 10.6 Å². The number of amides is 2. The van der Waals surface area contributed by atoms with E-state index in [1.165, 1.54) is 0 Å². The van der Waals surface area contributed by atoms with Gasteiger partial charge in [-0.1, -0.05) is 71.9 Å². The molecule has 1 saturated heterocycles. The molecule has 2 amide bonds. The van der Waals surface area contributed by atoms with Crippen LogP contribution in [0.25, 0.3) is 0 Å². The van der Waals surface area contributed by atoms with Gasteiger partial charge in [-0.15, -0.1) is 0 Å². The largest absolute Gasteiger partial charge is 0.445 e. The van der Waals surface area contributed by atoms with Crippen LogP contribution in [0.5, 0.6) is 0 Å². The van der Waals surface area contributed by atoms with E-state index in [0.29, 0.717) is 16.6 Å². The van der Waals surface area contributed by atoms with Gasteiger partial charge in [-0.3, -0.25) is 4.79 Å². The minimum atomic E-state index is -2.13. The fourth-order valence-electron chi connectivity index (χ4n) is 4.88. The number of benzene rings is 1. The normalized spacial score (nSPS) is 22.7. The van der Waals surface area contributed by atoms with Gasteiger partial charge >= 0.3 is 6.09 Å². The molecule has 1 aromatic rings. The van der Waals surface area contributed by atoms with Gasteiger partial charge in [0.2, 0.25) is 14.2 Å². The van der Waals surface area contributed by atoms with Crippen molar-refractivity contribution in [1.82, 2.24) is 10.6 Å². The predicted octanol–water partition coefficient (Wildman–Crippen LogP) is 4.72. The highest BCUT2D eigenvalue weighted by Crippen LogP contribution is 2.43. The molecule has 1 fully saturated rings. The summed E-state index contributed by atoms with van der Waals surface area (Å²) in [6, 6.07) is 8.55. The Labute approximate surface area is 193 Å². The maximum Gasteiger partial charge on any atom is 0.408 e. The predicted molar refractivity (Wildman–Crippen MR) is 128 cm³/mol. The molecule has 1 aliphatic rings. The van der Waals surface area contributed by atoms with Crippen molar-refractivity contribution < 1.29 is 23.5 Å². The second-order valence-electron chi connectivity index (χ2n) is 9.59. The van der Waals surface area contributed by atoms with E-state index >= 15 is 0 Å². The Morgan fingerprint density at radius 1 is 1.06 bits per heavy atom. The lowest BCUT2D eigenvalue weighted by Crippen LogP contribution is -2.65. The molecule has 0 spiro atoms. The zero-order valence-electron chi connectivity index (χ0n) is 20.7. The van der Waals surface area contributed by atoms with Gasteiger partial charge in [-0.25, -0.2) is 4.79 Å². The summed E-state index contributed by atoms with van der Waals surface area (Å²) in [6.45, 7) is 17.2. The van der Waals surface area contributed by atoms with Gasteiger partial charge in [0.25, 0.3) is 0 Å². The van der Waals surface area contributed by atoms with Crippen molar-refractivity contribution in [1.29, 1.82) is 0 Å². The third-order valence-electron chi connectivity index (χ3n) is 6.41. The third-order valence-corrected chi connectivity index (χ3v) is 12.6. The summed E-state index contributed by atoms with van der Waals surface area (Å²) in [7, 11) is -2.13. The van der Waals surface area contributed by atoms with Gasteiger partial charge < -0.3 is 24.5 Å². The molecule has 32 heavy (non-hydrogen) atoms. The number of alkyl carbamates (subject to hydrolysis) is 1. The Bertz CT molecular complexity index is 734. The number of ether oxygens (including phenoxy) is 2. The summed E-state index contributed by atoms with van der Waals surface area (Å²) in [6.07, 6.45) is -2.04. The molecule has 1 aliphatic heterocycles. The van der Waals surface area contributed by atoms with E-state index < -0.39 is 32.8 Å². The fourth-order valence-corrected chi connectivity index (χ4v) is 10.5. The molecule has 180 valence electrons. The quantitative estimate of drug-likeness (QED) is 0.516. The topological polar surface area (TPSA) is 85.9 Å². The molecule has 0 aromatic heterocycles. The van der Waals surface area contributed by atoms with Gasteiger partial charge in [0, 0.05) is 0 Å². The van der Waals surface area contributed by atoms with E-state index in [-0.39, 0.29) is 18.6 Å². The highest BCUT2D eigenvalue weighted by molar-refractivity contribution is 6.77. The molecule has 2 N–H and O–H groups in total. The summed E-state index contributed by atoms with van der Waals surface area (Å²) in [4.78, 5) is 25.0. The van der Waals surface area contributed by atoms with Crippen molar-refractivity contribution in [2.24, 2.45) is 0 Å². The number of hydrogen-bond donors (Lipinski definition) is 2. The molecule has 0 radical (unpaired) electrons. The van der Waals surface area contributed by atoms with E-state index in [4.69, 9.17) is 13.9 Å². The van der Waals surface area contributed by atoms with E-state index in [9.17, 15) is 9.59 Å². The summed E-state index contributed by atoms with van der Waals surface area (Å²) >= 11 is 0. The maximum atomic E-state index is 12.8. The minimum Gasteiger partial charge on any atom is -0.445 e. The summed E-state index contributed by atoms with van der Waals surface area (Å²) < 4.78 is 18.1. The zero-order chi connectivity index (χ0) is 24.1. The number of rotatable bonds is 9. The molecule has 2 rings (SSSR count). The van der Waals surface area contributed by atoms with Gasteiger partial charge in [-0.05, 0) is 36.0 Å². The van der Waals surface area contributed by atoms with Crippen LogP contribution >= 0.6 is 0 Å². The Morgan fingerprint density at radius 3 is 2.12 bits per heavy atom. The maximum absolute atomic E-state index is 12.8. The summed E-state index contributed by atoms with van der Waals surface area (Å²) in [5.41, 5.74) is 2.15. The minimum absolute atomic E-state index is 0.135. The van der Waals surface area contributed by atoms with Crippen LogP contribution in [0.2, 0.25) is 16.6 Å². The van der Waals surface area contributed by atoms with Crippen LogP contribution in [0.1, 0.15) is 61.0 Å². The van der Waals surface area contributed by atoms with E-state index in [0.717, 1.165) is 5.56 Å². The smallest absolute Gasteiger partial charge is 0.408 e. The lowest BCUT2D eigenvalue weighted by molar-refractivity contribution is -0.155. The summed E-state index contributed by atoms with van der Waals surface area (Å²) in [5, 5.41) is 5.50. The van der Waals surface area contributed by atoms with E-state index in [2.05, 4.69) is 52.2 Å². The second-order valence-corrected chi connectivity index (χ2v) is 15.0. The molecule has 1 aromatic carbocycles. The number of nitrogens with one attached hydrogen (secondary N) is 2. The van der Waals surface area contributed by atoms with Gasteiger partial charge in [0.15, 0.2) is 6.23 Å². The fraction of sp³-hybridized carbons (Fsp3) is 0.667. The van der Waals surface area contributed by atoms with Crippen LogP contribution in [0.4, 0.5) is 4.79 Å². The molecule has 0 bridgehead atoms. The molecule has 0 aliphatic carbocycles. The van der Waals surface area contributed by atoms with Crippen LogP contribution in [0.15, 0.2) is 30.3 Å². The molecular formula is C24H40N2O5Si. The SMILES string of the molecule is CC(C)[Si](O[C@H](C)[C@H]1NC(=O)[C@H](NC(=O)OCc2ccccc2)[C@@H](C)O1)(C(C)C)C(C)C. The first-order chi connectivity index (χ1) is 15.0. The third kappa shape index (κ3) is 6.11. The second kappa shape index (κ2) is 11.3. The molecule has 0 saturated carbocycles. The number of carbonyl (C=O) groups is 2. The van der Waals surface area contributed by atoms with Crippen molar-refractivity contribution in [3.63, 3.8) is 0 Å². The first kappa shape index (κ1) is 26.4. The zero-order valence-corrected chi connectivity index (χ0v) is 21.7. The van der Waals surface area contributed by atoms with Crippen molar-refractivity contribution in [3.8, 4) is 0 Å².